The van der Waals surface area contributed by atoms with E-state index in [0.717, 1.165) is 50.3 Å². The van der Waals surface area contributed by atoms with E-state index >= 15 is 0 Å². The van der Waals surface area contributed by atoms with E-state index in [1.165, 1.54) is 5.56 Å². The van der Waals surface area contributed by atoms with Crippen LogP contribution in [0.1, 0.15) is 34.3 Å². The summed E-state index contributed by atoms with van der Waals surface area (Å²) in [5.41, 5.74) is 3.12. The molecule has 1 aliphatic rings. The molecule has 0 spiro atoms. The zero-order valence-corrected chi connectivity index (χ0v) is 17.3. The Hall–Kier alpha value is -3.12. The number of nitrogens with zero attached hydrogens (tertiary/aromatic N) is 3. The third-order valence-electron chi connectivity index (χ3n) is 5.60. The summed E-state index contributed by atoms with van der Waals surface area (Å²) in [5, 5.41) is 3.20. The van der Waals surface area contributed by atoms with Crippen molar-refractivity contribution in [2.45, 2.75) is 32.0 Å². The van der Waals surface area contributed by atoms with Crippen LogP contribution in [-0.2, 0) is 13.1 Å². The second-order valence-corrected chi connectivity index (χ2v) is 7.81. The summed E-state index contributed by atoms with van der Waals surface area (Å²) in [4.78, 5) is 19.1. The molecule has 2 heterocycles. The number of imidazole rings is 1. The number of hydrogen-bond acceptors (Lipinski definition) is 4. The van der Waals surface area contributed by atoms with Crippen LogP contribution in [0.3, 0.4) is 0 Å². The number of nitrogens with one attached hydrogen (secondary N) is 1. The van der Waals surface area contributed by atoms with Gasteiger partial charge in [-0.15, -0.1) is 0 Å². The lowest BCUT2D eigenvalue weighted by atomic mass is 10.0. The van der Waals surface area contributed by atoms with E-state index in [-0.39, 0.29) is 11.9 Å². The molecule has 0 radical (unpaired) electrons. The van der Waals surface area contributed by atoms with Gasteiger partial charge in [0.25, 0.3) is 5.91 Å². The summed E-state index contributed by atoms with van der Waals surface area (Å²) in [5.74, 6) is 0.904. The molecular weight excluding hydrogens is 376 g/mol. The van der Waals surface area contributed by atoms with Crippen LogP contribution in [-0.4, -0.2) is 46.6 Å². The standard InChI is InChI=1S/C24H28N4O2/c1-30-23-4-2-3-20(15-23)17-27-12-9-22(10-13-27)26-24(29)21-7-5-19(6-8-21)16-28-14-11-25-18-28/h2-8,11,14-15,18,22H,9-10,12-13,16-17H2,1H3,(H,26,29). The number of likely N-dealkylation sites (tertiary alicyclic amines) is 1. The maximum absolute atomic E-state index is 12.6. The molecule has 1 N–H and O–H groups in total. The highest BCUT2D eigenvalue weighted by Crippen LogP contribution is 2.18. The first-order valence-corrected chi connectivity index (χ1v) is 10.4. The molecule has 3 aromatic rings. The smallest absolute Gasteiger partial charge is 0.251 e. The largest absolute Gasteiger partial charge is 0.497 e. The number of aromatic nitrogens is 2. The zero-order chi connectivity index (χ0) is 20.8. The predicted octanol–water partition coefficient (Wildman–Crippen LogP) is 3.33. The lowest BCUT2D eigenvalue weighted by molar-refractivity contribution is 0.0909. The van der Waals surface area contributed by atoms with Gasteiger partial charge in [-0.1, -0.05) is 24.3 Å². The Kier molecular flexibility index (Phi) is 6.44. The van der Waals surface area contributed by atoms with E-state index in [9.17, 15) is 4.79 Å². The van der Waals surface area contributed by atoms with E-state index in [4.69, 9.17) is 4.74 Å². The molecule has 1 aliphatic heterocycles. The minimum absolute atomic E-state index is 0.00965. The minimum atomic E-state index is 0.00965. The topological polar surface area (TPSA) is 59.4 Å². The molecule has 6 nitrogen and oxygen atoms in total. The van der Waals surface area contributed by atoms with Crippen LogP contribution >= 0.6 is 0 Å². The van der Waals surface area contributed by atoms with Gasteiger partial charge in [0.2, 0.25) is 0 Å². The van der Waals surface area contributed by atoms with Crippen molar-refractivity contribution < 1.29 is 9.53 Å². The third kappa shape index (κ3) is 5.27. The average Bonchev–Trinajstić information content (AvgIpc) is 3.29. The average molecular weight is 405 g/mol. The summed E-state index contributed by atoms with van der Waals surface area (Å²) in [7, 11) is 1.69. The van der Waals surface area contributed by atoms with E-state index < -0.39 is 0 Å². The zero-order valence-electron chi connectivity index (χ0n) is 17.3. The van der Waals surface area contributed by atoms with Crippen LogP contribution in [0.4, 0.5) is 0 Å². The van der Waals surface area contributed by atoms with Crippen LogP contribution in [0.5, 0.6) is 5.75 Å². The Morgan fingerprint density at radius 1 is 1.10 bits per heavy atom. The summed E-state index contributed by atoms with van der Waals surface area (Å²) < 4.78 is 7.32. The molecule has 30 heavy (non-hydrogen) atoms. The molecule has 0 atom stereocenters. The molecule has 156 valence electrons. The number of benzene rings is 2. The number of ether oxygens (including phenoxy) is 1. The van der Waals surface area contributed by atoms with Crippen molar-refractivity contribution in [3.05, 3.63) is 83.9 Å². The van der Waals surface area contributed by atoms with E-state index in [2.05, 4.69) is 27.3 Å². The number of hydrogen-bond donors (Lipinski definition) is 1. The monoisotopic (exact) mass is 404 g/mol. The van der Waals surface area contributed by atoms with E-state index in [0.29, 0.717) is 5.56 Å². The second kappa shape index (κ2) is 9.59. The normalized spacial score (nSPS) is 15.1. The highest BCUT2D eigenvalue weighted by atomic mass is 16.5. The first kappa shape index (κ1) is 20.2. The van der Waals surface area contributed by atoms with Gasteiger partial charge in [-0.3, -0.25) is 9.69 Å². The minimum Gasteiger partial charge on any atom is -0.497 e. The summed E-state index contributed by atoms with van der Waals surface area (Å²) in [6.07, 6.45) is 7.43. The van der Waals surface area contributed by atoms with Crippen molar-refractivity contribution in [1.29, 1.82) is 0 Å². The quantitative estimate of drug-likeness (QED) is 0.656. The highest BCUT2D eigenvalue weighted by Gasteiger charge is 2.21. The molecule has 0 unspecified atom stereocenters. The Labute approximate surface area is 177 Å². The summed E-state index contributed by atoms with van der Waals surface area (Å²) in [6.45, 7) is 3.63. The predicted molar refractivity (Wildman–Crippen MR) is 117 cm³/mol. The van der Waals surface area contributed by atoms with Crippen molar-refractivity contribution in [2.24, 2.45) is 0 Å². The molecule has 1 fully saturated rings. The van der Waals surface area contributed by atoms with Gasteiger partial charge in [0.05, 0.1) is 13.4 Å². The van der Waals surface area contributed by atoms with Crippen LogP contribution in [0.2, 0.25) is 0 Å². The third-order valence-corrected chi connectivity index (χ3v) is 5.60. The maximum Gasteiger partial charge on any atom is 0.251 e. The fourth-order valence-electron chi connectivity index (χ4n) is 3.89. The van der Waals surface area contributed by atoms with Gasteiger partial charge in [0.15, 0.2) is 0 Å². The van der Waals surface area contributed by atoms with Gasteiger partial charge in [0.1, 0.15) is 5.75 Å². The van der Waals surface area contributed by atoms with E-state index in [1.807, 2.05) is 47.2 Å². The maximum atomic E-state index is 12.6. The van der Waals surface area contributed by atoms with Crippen molar-refractivity contribution >= 4 is 5.91 Å². The second-order valence-electron chi connectivity index (χ2n) is 7.81. The van der Waals surface area contributed by atoms with E-state index in [1.54, 1.807) is 19.6 Å². The Morgan fingerprint density at radius 2 is 1.90 bits per heavy atom. The van der Waals surface area contributed by atoms with Gasteiger partial charge in [-0.25, -0.2) is 4.98 Å². The summed E-state index contributed by atoms with van der Waals surface area (Å²) >= 11 is 0. The number of methoxy groups -OCH3 is 1. The lowest BCUT2D eigenvalue weighted by Gasteiger charge is -2.32. The lowest BCUT2D eigenvalue weighted by Crippen LogP contribution is -2.44. The van der Waals surface area contributed by atoms with Gasteiger partial charge in [-0.2, -0.15) is 0 Å². The summed E-state index contributed by atoms with van der Waals surface area (Å²) in [6, 6.07) is 16.3. The number of amides is 1. The van der Waals surface area contributed by atoms with Gasteiger partial charge < -0.3 is 14.6 Å². The first-order chi connectivity index (χ1) is 14.7. The molecular formula is C24H28N4O2. The SMILES string of the molecule is COc1cccc(CN2CCC(NC(=O)c3ccc(Cn4ccnc4)cc3)CC2)c1. The van der Waals surface area contributed by atoms with Crippen molar-refractivity contribution in [1.82, 2.24) is 19.8 Å². The molecule has 0 aliphatic carbocycles. The molecule has 0 saturated carbocycles. The number of piperidine rings is 1. The van der Waals surface area contributed by atoms with Crippen LogP contribution in [0.25, 0.3) is 0 Å². The van der Waals surface area contributed by atoms with Crippen LogP contribution in [0, 0.1) is 0 Å². The number of rotatable bonds is 7. The molecule has 2 aromatic carbocycles. The fourth-order valence-corrected chi connectivity index (χ4v) is 3.89. The van der Waals surface area contributed by atoms with Gasteiger partial charge in [0, 0.05) is 50.2 Å². The van der Waals surface area contributed by atoms with Gasteiger partial charge in [-0.05, 0) is 48.2 Å². The molecule has 1 saturated heterocycles. The number of carbonyl (C=O) groups excluding carboxylic acids is 1. The van der Waals surface area contributed by atoms with Crippen molar-refractivity contribution in [2.75, 3.05) is 20.2 Å². The Bertz CT molecular complexity index is 946. The van der Waals surface area contributed by atoms with Crippen molar-refractivity contribution in [3.63, 3.8) is 0 Å². The van der Waals surface area contributed by atoms with Crippen LogP contribution in [0.15, 0.2) is 67.3 Å². The Morgan fingerprint density at radius 3 is 2.60 bits per heavy atom. The van der Waals surface area contributed by atoms with Gasteiger partial charge >= 0.3 is 0 Å². The molecule has 0 bridgehead atoms. The van der Waals surface area contributed by atoms with Crippen LogP contribution < -0.4 is 10.1 Å². The molecule has 1 amide bonds. The molecule has 6 heteroatoms. The highest BCUT2D eigenvalue weighted by molar-refractivity contribution is 5.94. The molecule has 1 aromatic heterocycles. The number of carbonyl (C=O) groups is 1. The molecule has 4 rings (SSSR count). The van der Waals surface area contributed by atoms with Crippen molar-refractivity contribution in [3.8, 4) is 5.75 Å². The fraction of sp³-hybridized carbons (Fsp3) is 0.333. The first-order valence-electron chi connectivity index (χ1n) is 10.4. The Balaban J connectivity index is 1.24.